The van der Waals surface area contributed by atoms with Gasteiger partial charge in [0.25, 0.3) is 0 Å². The van der Waals surface area contributed by atoms with Crippen LogP contribution >= 0.6 is 35.7 Å². The zero-order valence-electron chi connectivity index (χ0n) is 17.5. The minimum Gasteiger partial charge on any atom is -0.352 e. The Morgan fingerprint density at radius 1 is 1.13 bits per heavy atom. The largest absolute Gasteiger partial charge is 0.352 e. The Labute approximate surface area is 201 Å². The summed E-state index contributed by atoms with van der Waals surface area (Å²) in [6.45, 7) is 2.71. The number of sulfone groups is 1. The average molecular weight is 560 g/mol. The van der Waals surface area contributed by atoms with E-state index in [2.05, 4.69) is 45.5 Å². The van der Waals surface area contributed by atoms with E-state index in [-0.39, 0.29) is 29.7 Å². The fourth-order valence-electron chi connectivity index (χ4n) is 3.46. The molecule has 0 bridgehead atoms. The summed E-state index contributed by atoms with van der Waals surface area (Å²) in [5, 5.41) is 3.44. The lowest BCUT2D eigenvalue weighted by atomic mass is 10.1. The van der Waals surface area contributed by atoms with E-state index in [1.54, 1.807) is 0 Å². The molecule has 164 valence electrons. The van der Waals surface area contributed by atoms with Gasteiger partial charge in [0.15, 0.2) is 15.8 Å². The summed E-state index contributed by atoms with van der Waals surface area (Å²) in [4.78, 5) is 8.10. The molecule has 0 radical (unpaired) electrons. The molecule has 1 N–H and O–H groups in total. The van der Waals surface area contributed by atoms with Gasteiger partial charge in [0, 0.05) is 43.6 Å². The third kappa shape index (κ3) is 8.11. The number of likely N-dealkylation sites (tertiary alicyclic amines) is 1. The summed E-state index contributed by atoms with van der Waals surface area (Å²) < 4.78 is 22.8. The molecule has 30 heavy (non-hydrogen) atoms. The van der Waals surface area contributed by atoms with Gasteiger partial charge in [-0.05, 0) is 35.6 Å². The van der Waals surface area contributed by atoms with Gasteiger partial charge in [-0.1, -0.05) is 42.5 Å². The molecule has 0 aromatic heterocycles. The molecule has 0 aliphatic carbocycles. The molecule has 1 atom stereocenters. The van der Waals surface area contributed by atoms with Crippen LogP contribution in [-0.2, 0) is 22.1 Å². The van der Waals surface area contributed by atoms with Crippen molar-refractivity contribution in [3.63, 3.8) is 0 Å². The van der Waals surface area contributed by atoms with E-state index in [0.717, 1.165) is 35.9 Å². The van der Waals surface area contributed by atoms with Gasteiger partial charge in [0.2, 0.25) is 0 Å². The molecule has 8 heteroatoms. The number of thioether (sulfide) groups is 1. The maximum Gasteiger partial charge on any atom is 0.193 e. The number of halogens is 1. The zero-order chi connectivity index (χ0) is 20.7. The normalized spacial score (nSPS) is 16.9. The molecule has 1 aliphatic rings. The molecule has 1 heterocycles. The summed E-state index contributed by atoms with van der Waals surface area (Å²) in [6.07, 6.45) is 2.44. The number of guanidine groups is 1. The summed E-state index contributed by atoms with van der Waals surface area (Å²) >= 11 is 1.92. The first-order valence-electron chi connectivity index (χ1n) is 9.82. The lowest BCUT2D eigenvalue weighted by Gasteiger charge is -2.22. The molecule has 0 saturated carbocycles. The van der Waals surface area contributed by atoms with Crippen molar-refractivity contribution in [1.29, 1.82) is 0 Å². The maximum absolute atomic E-state index is 11.4. The Morgan fingerprint density at radius 3 is 2.43 bits per heavy atom. The smallest absolute Gasteiger partial charge is 0.193 e. The van der Waals surface area contributed by atoms with Gasteiger partial charge in [0.1, 0.15) is 0 Å². The highest BCUT2D eigenvalue weighted by atomic mass is 127. The Hall–Kier alpha value is -1.26. The maximum atomic E-state index is 11.4. The molecular weight excluding hydrogens is 529 g/mol. The molecule has 1 unspecified atom stereocenters. The molecule has 5 nitrogen and oxygen atoms in total. The number of nitrogens with zero attached hydrogens (tertiary/aromatic N) is 2. The van der Waals surface area contributed by atoms with Crippen LogP contribution in [0.25, 0.3) is 0 Å². The van der Waals surface area contributed by atoms with Crippen LogP contribution in [-0.4, -0.2) is 51.4 Å². The van der Waals surface area contributed by atoms with Crippen LogP contribution in [0.5, 0.6) is 0 Å². The predicted molar refractivity (Wildman–Crippen MR) is 137 cm³/mol. The van der Waals surface area contributed by atoms with Crippen molar-refractivity contribution in [2.45, 2.75) is 23.6 Å². The predicted octanol–water partition coefficient (Wildman–Crippen LogP) is 4.04. The topological polar surface area (TPSA) is 61.8 Å². The highest BCUT2D eigenvalue weighted by Crippen LogP contribution is 2.25. The van der Waals surface area contributed by atoms with Gasteiger partial charge < -0.3 is 10.2 Å². The first-order valence-corrected chi connectivity index (χ1v) is 12.9. The summed E-state index contributed by atoms with van der Waals surface area (Å²) in [5.41, 5.74) is 1.93. The van der Waals surface area contributed by atoms with Crippen LogP contribution in [0, 0.1) is 5.92 Å². The second-order valence-electron chi connectivity index (χ2n) is 7.51. The highest BCUT2D eigenvalue weighted by molar-refractivity contribution is 14.0. The summed E-state index contributed by atoms with van der Waals surface area (Å²) in [6, 6.07) is 18.3. The highest BCUT2D eigenvalue weighted by Gasteiger charge is 2.24. The fourth-order valence-corrected chi connectivity index (χ4v) is 5.31. The van der Waals surface area contributed by atoms with Crippen molar-refractivity contribution in [3.8, 4) is 0 Å². The molecule has 3 rings (SSSR count). The Bertz CT molecular complexity index is 919. The number of hydrogen-bond donors (Lipinski definition) is 1. The third-order valence-electron chi connectivity index (χ3n) is 4.93. The summed E-state index contributed by atoms with van der Waals surface area (Å²) in [5.74, 6) is 2.80. The third-order valence-corrected chi connectivity index (χ3v) is 7.03. The van der Waals surface area contributed by atoms with E-state index in [1.165, 1.54) is 17.6 Å². The Balaban J connectivity index is 0.00000320. The van der Waals surface area contributed by atoms with E-state index in [9.17, 15) is 8.42 Å². The van der Waals surface area contributed by atoms with Crippen molar-refractivity contribution in [1.82, 2.24) is 10.2 Å². The molecule has 1 aliphatic heterocycles. The number of rotatable bonds is 7. The Kier molecular flexibility index (Phi) is 9.96. The zero-order valence-corrected chi connectivity index (χ0v) is 21.4. The molecular formula is C22H30IN3O2S2. The quantitative estimate of drug-likeness (QED) is 0.240. The van der Waals surface area contributed by atoms with Crippen molar-refractivity contribution in [3.05, 3.63) is 65.7 Å². The molecule has 2 aromatic rings. The minimum atomic E-state index is -3.00. The fraction of sp³-hybridized carbons (Fsp3) is 0.409. The van der Waals surface area contributed by atoms with E-state index < -0.39 is 9.84 Å². The monoisotopic (exact) mass is 559 g/mol. The van der Waals surface area contributed by atoms with Gasteiger partial charge in [-0.3, -0.25) is 4.99 Å². The van der Waals surface area contributed by atoms with Gasteiger partial charge in [-0.2, -0.15) is 0 Å². The second-order valence-corrected chi connectivity index (χ2v) is 10.7. The molecule has 1 fully saturated rings. The molecule has 0 amide bonds. The minimum absolute atomic E-state index is 0. The van der Waals surface area contributed by atoms with Crippen LogP contribution in [0.4, 0.5) is 0 Å². The van der Waals surface area contributed by atoms with Crippen LogP contribution in [0.2, 0.25) is 0 Å². The SMILES string of the molecule is CN=C(NCc1ccc(CS(C)(=O)=O)cc1)N1CCC(CSc2ccccc2)C1.I. The van der Waals surface area contributed by atoms with E-state index in [0.29, 0.717) is 12.5 Å². The van der Waals surface area contributed by atoms with E-state index in [1.807, 2.05) is 43.1 Å². The standard InChI is InChI=1S/C22H29N3O2S2.HI/c1-23-22(24-14-18-8-10-19(11-9-18)17-29(2,26)27)25-13-12-20(15-25)16-28-21-6-4-3-5-7-21;/h3-11,20H,12-17H2,1-2H3,(H,23,24);1H. The number of hydrogen-bond acceptors (Lipinski definition) is 4. The van der Waals surface area contributed by atoms with Crippen LogP contribution in [0.15, 0.2) is 64.5 Å². The van der Waals surface area contributed by atoms with Crippen LogP contribution in [0.3, 0.4) is 0 Å². The number of nitrogens with one attached hydrogen (secondary N) is 1. The number of aliphatic imine (C=N–C) groups is 1. The molecule has 2 aromatic carbocycles. The van der Waals surface area contributed by atoms with E-state index in [4.69, 9.17) is 0 Å². The number of benzene rings is 2. The lowest BCUT2D eigenvalue weighted by molar-refractivity contribution is 0.474. The van der Waals surface area contributed by atoms with Gasteiger partial charge >= 0.3 is 0 Å². The van der Waals surface area contributed by atoms with E-state index >= 15 is 0 Å². The summed E-state index contributed by atoms with van der Waals surface area (Å²) in [7, 11) is -1.18. The Morgan fingerprint density at radius 2 is 1.80 bits per heavy atom. The van der Waals surface area contributed by atoms with Gasteiger partial charge in [0.05, 0.1) is 5.75 Å². The van der Waals surface area contributed by atoms with Crippen molar-refractivity contribution >= 4 is 51.5 Å². The molecule has 0 spiro atoms. The van der Waals surface area contributed by atoms with Gasteiger partial charge in [-0.25, -0.2) is 8.42 Å². The molecule has 1 saturated heterocycles. The van der Waals surface area contributed by atoms with Crippen molar-refractivity contribution < 1.29 is 8.42 Å². The first kappa shape index (κ1) is 25.0. The van der Waals surface area contributed by atoms with Crippen LogP contribution in [0.1, 0.15) is 17.5 Å². The second kappa shape index (κ2) is 12.0. The van der Waals surface area contributed by atoms with Crippen molar-refractivity contribution in [2.24, 2.45) is 10.9 Å². The van der Waals surface area contributed by atoms with Gasteiger partial charge in [-0.15, -0.1) is 35.7 Å². The van der Waals surface area contributed by atoms with Crippen LogP contribution < -0.4 is 5.32 Å². The van der Waals surface area contributed by atoms with Crippen molar-refractivity contribution in [2.75, 3.05) is 32.1 Å². The average Bonchev–Trinajstić information content (AvgIpc) is 3.17. The lowest BCUT2D eigenvalue weighted by Crippen LogP contribution is -2.39. The first-order chi connectivity index (χ1) is 13.9.